The number of hydrogen-bond acceptors (Lipinski definition) is 3. The molecule has 9 aromatic rings. The van der Waals surface area contributed by atoms with Gasteiger partial charge >= 0.3 is 0 Å². The summed E-state index contributed by atoms with van der Waals surface area (Å²) in [5.41, 5.74) is 17.1. The van der Waals surface area contributed by atoms with Gasteiger partial charge in [0.25, 0.3) is 0 Å². The van der Waals surface area contributed by atoms with E-state index < -0.39 is 0 Å². The Balaban J connectivity index is 1.22. The van der Waals surface area contributed by atoms with E-state index in [0.29, 0.717) is 0 Å². The van der Waals surface area contributed by atoms with Gasteiger partial charge in [0.15, 0.2) is 0 Å². The van der Waals surface area contributed by atoms with Crippen LogP contribution in [0.4, 0.5) is 17.1 Å². The zero-order valence-electron chi connectivity index (χ0n) is 29.0. The van der Waals surface area contributed by atoms with Gasteiger partial charge in [0.1, 0.15) is 22.3 Å². The molecule has 244 valence electrons. The molecule has 2 aliphatic rings. The molecule has 0 N–H and O–H groups in total. The first-order valence-electron chi connectivity index (χ1n) is 17.9. The van der Waals surface area contributed by atoms with Crippen LogP contribution < -0.4 is 4.90 Å². The van der Waals surface area contributed by atoms with Gasteiger partial charge in [0, 0.05) is 27.3 Å². The smallest absolute Gasteiger partial charge is 0.137 e. The third-order valence-corrected chi connectivity index (χ3v) is 11.9. The van der Waals surface area contributed by atoms with E-state index in [2.05, 4.69) is 166 Å². The molecule has 0 fully saturated rings. The standard InChI is InChI=1S/C48H35NO2/c1-47(2)35-16-8-5-13-29(35)31-24-23-28(25-37(31)47)49(39-18-11-21-42-45(39)32-15-7-10-20-41(32)50-42)40-19-12-22-43-46(40)34-26-38-33(27-44(34)51-43)30-14-6-9-17-36(30)48(38,3)4/h5-27H,1-4H3. The Morgan fingerprint density at radius 3 is 1.63 bits per heavy atom. The Hall–Kier alpha value is -6.06. The quantitative estimate of drug-likeness (QED) is 0.189. The SMILES string of the molecule is CC1(C)c2ccccc2-c2ccc(N(c3cccc4oc5ccccc5c34)c3cccc4oc5cc6c(cc5c34)C(C)(C)c3ccccc3-6)cc21. The van der Waals surface area contributed by atoms with Crippen molar-refractivity contribution in [3.05, 3.63) is 162 Å². The molecule has 0 unspecified atom stereocenters. The summed E-state index contributed by atoms with van der Waals surface area (Å²) in [6, 6.07) is 50.6. The fraction of sp³-hybridized carbons (Fsp3) is 0.125. The number of rotatable bonds is 3. The van der Waals surface area contributed by atoms with Crippen molar-refractivity contribution in [1.29, 1.82) is 0 Å². The zero-order valence-corrected chi connectivity index (χ0v) is 29.0. The van der Waals surface area contributed by atoms with Crippen LogP contribution in [0.2, 0.25) is 0 Å². The summed E-state index contributed by atoms with van der Waals surface area (Å²) in [6.07, 6.45) is 0. The zero-order chi connectivity index (χ0) is 34.2. The van der Waals surface area contributed by atoms with Gasteiger partial charge in [-0.3, -0.25) is 0 Å². The number of anilines is 3. The minimum atomic E-state index is -0.141. The van der Waals surface area contributed by atoms with E-state index in [4.69, 9.17) is 8.83 Å². The summed E-state index contributed by atoms with van der Waals surface area (Å²) in [5.74, 6) is 0. The highest BCUT2D eigenvalue weighted by atomic mass is 16.3. The molecule has 2 aliphatic carbocycles. The lowest BCUT2D eigenvalue weighted by atomic mass is 9.82. The lowest BCUT2D eigenvalue weighted by molar-refractivity contribution is 0.657. The van der Waals surface area contributed by atoms with Gasteiger partial charge in [-0.1, -0.05) is 113 Å². The van der Waals surface area contributed by atoms with Crippen LogP contribution in [0.25, 0.3) is 66.1 Å². The second-order valence-electron chi connectivity index (χ2n) is 15.3. The van der Waals surface area contributed by atoms with Crippen LogP contribution in [0.1, 0.15) is 49.9 Å². The molecular weight excluding hydrogens is 623 g/mol. The van der Waals surface area contributed by atoms with Crippen LogP contribution in [0.3, 0.4) is 0 Å². The van der Waals surface area contributed by atoms with E-state index in [9.17, 15) is 0 Å². The summed E-state index contributed by atoms with van der Waals surface area (Å²) in [6.45, 7) is 9.38. The van der Waals surface area contributed by atoms with Crippen molar-refractivity contribution in [2.75, 3.05) is 4.90 Å². The van der Waals surface area contributed by atoms with Crippen molar-refractivity contribution in [1.82, 2.24) is 0 Å². The summed E-state index contributed by atoms with van der Waals surface area (Å²) in [5, 5.41) is 4.43. The normalized spacial score (nSPS) is 15.0. The number of fused-ring (bicyclic) bond motifs is 12. The first-order valence-corrected chi connectivity index (χ1v) is 17.9. The number of nitrogens with zero attached hydrogens (tertiary/aromatic N) is 1. The molecule has 3 nitrogen and oxygen atoms in total. The van der Waals surface area contributed by atoms with Crippen LogP contribution in [0.15, 0.2) is 148 Å². The van der Waals surface area contributed by atoms with Crippen molar-refractivity contribution in [3.8, 4) is 22.3 Å². The largest absolute Gasteiger partial charge is 0.456 e. The average molecular weight is 658 g/mol. The first-order chi connectivity index (χ1) is 24.8. The van der Waals surface area contributed by atoms with Gasteiger partial charge in [0.2, 0.25) is 0 Å². The Morgan fingerprint density at radius 1 is 0.392 bits per heavy atom. The van der Waals surface area contributed by atoms with Crippen LogP contribution in [0, 0.1) is 0 Å². The maximum atomic E-state index is 6.77. The third kappa shape index (κ3) is 3.73. The number of para-hydroxylation sites is 1. The highest BCUT2D eigenvalue weighted by Gasteiger charge is 2.38. The lowest BCUT2D eigenvalue weighted by Gasteiger charge is -2.29. The molecule has 2 aromatic heterocycles. The van der Waals surface area contributed by atoms with Crippen LogP contribution in [0.5, 0.6) is 0 Å². The van der Waals surface area contributed by atoms with Gasteiger partial charge in [-0.05, 0) is 99.1 Å². The van der Waals surface area contributed by atoms with Gasteiger partial charge in [-0.15, -0.1) is 0 Å². The van der Waals surface area contributed by atoms with Gasteiger partial charge in [0.05, 0.1) is 22.1 Å². The van der Waals surface area contributed by atoms with Crippen molar-refractivity contribution in [2.24, 2.45) is 0 Å². The number of hydrogen-bond donors (Lipinski definition) is 0. The third-order valence-electron chi connectivity index (χ3n) is 11.9. The van der Waals surface area contributed by atoms with Crippen LogP contribution in [-0.2, 0) is 10.8 Å². The molecule has 0 amide bonds. The highest BCUT2D eigenvalue weighted by Crippen LogP contribution is 2.54. The van der Waals surface area contributed by atoms with E-state index in [1.165, 1.54) is 44.5 Å². The van der Waals surface area contributed by atoms with Crippen LogP contribution >= 0.6 is 0 Å². The molecule has 0 spiro atoms. The molecule has 7 aromatic carbocycles. The Kier molecular flexibility index (Phi) is 5.52. The molecule has 0 aliphatic heterocycles. The molecule has 2 heterocycles. The molecule has 0 bridgehead atoms. The van der Waals surface area contributed by atoms with E-state index in [0.717, 1.165) is 60.9 Å². The van der Waals surface area contributed by atoms with Crippen molar-refractivity contribution >= 4 is 60.9 Å². The minimum absolute atomic E-state index is 0.125. The lowest BCUT2D eigenvalue weighted by Crippen LogP contribution is -2.16. The van der Waals surface area contributed by atoms with Crippen LogP contribution in [-0.4, -0.2) is 0 Å². The summed E-state index contributed by atoms with van der Waals surface area (Å²) >= 11 is 0. The average Bonchev–Trinajstić information content (AvgIpc) is 3.84. The van der Waals surface area contributed by atoms with Gasteiger partial charge in [-0.2, -0.15) is 0 Å². The van der Waals surface area contributed by atoms with Crippen molar-refractivity contribution < 1.29 is 8.83 Å². The van der Waals surface area contributed by atoms with Crippen molar-refractivity contribution in [2.45, 2.75) is 38.5 Å². The second kappa shape index (κ2) is 9.80. The molecule has 11 rings (SSSR count). The van der Waals surface area contributed by atoms with Gasteiger partial charge < -0.3 is 13.7 Å². The molecule has 0 radical (unpaired) electrons. The maximum absolute atomic E-state index is 6.77. The molecular formula is C48H35NO2. The molecule has 3 heteroatoms. The van der Waals surface area contributed by atoms with E-state index in [1.807, 2.05) is 6.07 Å². The van der Waals surface area contributed by atoms with E-state index in [-0.39, 0.29) is 10.8 Å². The summed E-state index contributed by atoms with van der Waals surface area (Å²) < 4.78 is 13.2. The minimum Gasteiger partial charge on any atom is -0.456 e. The topological polar surface area (TPSA) is 29.5 Å². The second-order valence-corrected chi connectivity index (χ2v) is 15.3. The molecule has 0 atom stereocenters. The number of benzene rings is 7. The maximum Gasteiger partial charge on any atom is 0.137 e. The monoisotopic (exact) mass is 657 g/mol. The molecule has 0 saturated carbocycles. The predicted octanol–water partition coefficient (Wildman–Crippen LogP) is 13.6. The highest BCUT2D eigenvalue weighted by molar-refractivity contribution is 6.18. The summed E-state index contributed by atoms with van der Waals surface area (Å²) in [7, 11) is 0. The number of furan rings is 2. The fourth-order valence-corrected chi connectivity index (χ4v) is 9.37. The predicted molar refractivity (Wildman–Crippen MR) is 211 cm³/mol. The first kappa shape index (κ1) is 28.7. The Morgan fingerprint density at radius 2 is 0.922 bits per heavy atom. The summed E-state index contributed by atoms with van der Waals surface area (Å²) in [4.78, 5) is 2.44. The fourth-order valence-electron chi connectivity index (χ4n) is 9.37. The Bertz CT molecular complexity index is 2940. The molecule has 0 saturated heterocycles. The van der Waals surface area contributed by atoms with Crippen molar-refractivity contribution in [3.63, 3.8) is 0 Å². The Labute approximate surface area is 296 Å². The van der Waals surface area contributed by atoms with E-state index >= 15 is 0 Å². The van der Waals surface area contributed by atoms with E-state index in [1.54, 1.807) is 0 Å². The molecule has 51 heavy (non-hydrogen) atoms. The van der Waals surface area contributed by atoms with Gasteiger partial charge in [-0.25, -0.2) is 0 Å².